The molecule has 0 spiro atoms. The van der Waals surface area contributed by atoms with Crippen LogP contribution in [0.5, 0.6) is 0 Å². The SMILES string of the molecule is Cc1ccc(Nc2ncc(F)c(Nc3cc(C4CC4)[nH]n3)n2)cc1. The standard InChI is InChI=1S/C17H17FN6/c1-10-2-6-12(7-3-10)20-17-19-9-13(18)16(22-17)21-15-8-14(23-24-15)11-4-5-11/h2-3,6-9,11H,4-5H2,1H3,(H3,19,20,21,22,23,24). The van der Waals surface area contributed by atoms with Crippen molar-refractivity contribution in [2.75, 3.05) is 10.6 Å². The highest BCUT2D eigenvalue weighted by Crippen LogP contribution is 2.39. The van der Waals surface area contributed by atoms with Crippen LogP contribution in [0.4, 0.5) is 27.7 Å². The summed E-state index contributed by atoms with van der Waals surface area (Å²) in [7, 11) is 0. The Morgan fingerprint density at radius 2 is 1.96 bits per heavy atom. The molecule has 2 aromatic heterocycles. The number of hydrogen-bond acceptors (Lipinski definition) is 5. The minimum absolute atomic E-state index is 0.0912. The Morgan fingerprint density at radius 1 is 1.17 bits per heavy atom. The molecular formula is C17H17FN6. The molecule has 1 aromatic carbocycles. The van der Waals surface area contributed by atoms with E-state index in [1.54, 1.807) is 0 Å². The minimum Gasteiger partial charge on any atom is -0.324 e. The van der Waals surface area contributed by atoms with Crippen LogP contribution in [-0.4, -0.2) is 20.2 Å². The zero-order chi connectivity index (χ0) is 16.5. The third-order valence-electron chi connectivity index (χ3n) is 3.91. The number of nitrogens with one attached hydrogen (secondary N) is 3. The average Bonchev–Trinajstić information content (AvgIpc) is 3.33. The van der Waals surface area contributed by atoms with Gasteiger partial charge in [0, 0.05) is 23.4 Å². The van der Waals surface area contributed by atoms with Gasteiger partial charge in [-0.25, -0.2) is 9.37 Å². The highest BCUT2D eigenvalue weighted by atomic mass is 19.1. The van der Waals surface area contributed by atoms with Gasteiger partial charge in [-0.05, 0) is 31.9 Å². The fourth-order valence-electron chi connectivity index (χ4n) is 2.41. The van der Waals surface area contributed by atoms with E-state index in [-0.39, 0.29) is 5.82 Å². The van der Waals surface area contributed by atoms with Gasteiger partial charge in [-0.15, -0.1) is 0 Å². The number of benzene rings is 1. The molecule has 1 fully saturated rings. The van der Waals surface area contributed by atoms with E-state index in [2.05, 4.69) is 30.8 Å². The van der Waals surface area contributed by atoms with Gasteiger partial charge < -0.3 is 10.6 Å². The zero-order valence-electron chi connectivity index (χ0n) is 13.2. The van der Waals surface area contributed by atoms with Gasteiger partial charge >= 0.3 is 0 Å². The molecule has 0 bridgehead atoms. The van der Waals surface area contributed by atoms with Crippen LogP contribution in [0.25, 0.3) is 0 Å². The number of nitrogens with zero attached hydrogens (tertiary/aromatic N) is 3. The molecule has 0 unspecified atom stereocenters. The van der Waals surface area contributed by atoms with E-state index in [0.29, 0.717) is 17.7 Å². The average molecular weight is 324 g/mol. The van der Waals surface area contributed by atoms with Crippen molar-refractivity contribution >= 4 is 23.3 Å². The molecule has 3 aromatic rings. The van der Waals surface area contributed by atoms with Crippen LogP contribution >= 0.6 is 0 Å². The molecule has 0 amide bonds. The Kier molecular flexibility index (Phi) is 3.60. The number of aryl methyl sites for hydroxylation is 1. The maximum Gasteiger partial charge on any atom is 0.229 e. The maximum absolute atomic E-state index is 14.0. The van der Waals surface area contributed by atoms with Crippen LogP contribution in [-0.2, 0) is 0 Å². The Morgan fingerprint density at radius 3 is 2.71 bits per heavy atom. The molecule has 1 aliphatic carbocycles. The van der Waals surface area contributed by atoms with E-state index < -0.39 is 5.82 Å². The summed E-state index contributed by atoms with van der Waals surface area (Å²) < 4.78 is 14.0. The quantitative estimate of drug-likeness (QED) is 0.661. The Hall–Kier alpha value is -2.96. The van der Waals surface area contributed by atoms with Crippen LogP contribution in [0.2, 0.25) is 0 Å². The molecule has 2 heterocycles. The molecule has 7 heteroatoms. The first-order chi connectivity index (χ1) is 11.7. The monoisotopic (exact) mass is 324 g/mol. The molecule has 1 saturated carbocycles. The third-order valence-corrected chi connectivity index (χ3v) is 3.91. The summed E-state index contributed by atoms with van der Waals surface area (Å²) in [5.74, 6) is 0.993. The molecule has 0 atom stereocenters. The van der Waals surface area contributed by atoms with E-state index in [1.807, 2.05) is 37.3 Å². The Bertz CT molecular complexity index is 854. The van der Waals surface area contributed by atoms with Crippen LogP contribution in [0.15, 0.2) is 36.5 Å². The lowest BCUT2D eigenvalue weighted by Crippen LogP contribution is -2.03. The Labute approximate surface area is 138 Å². The summed E-state index contributed by atoms with van der Waals surface area (Å²) in [6.07, 6.45) is 3.49. The highest BCUT2D eigenvalue weighted by Gasteiger charge is 2.25. The summed E-state index contributed by atoms with van der Waals surface area (Å²) in [5.41, 5.74) is 3.08. The first-order valence-electron chi connectivity index (χ1n) is 7.86. The van der Waals surface area contributed by atoms with Crippen LogP contribution in [0, 0.1) is 12.7 Å². The van der Waals surface area contributed by atoms with Crippen molar-refractivity contribution in [2.24, 2.45) is 0 Å². The molecular weight excluding hydrogens is 307 g/mol. The van der Waals surface area contributed by atoms with Gasteiger partial charge in [0.2, 0.25) is 5.95 Å². The molecule has 24 heavy (non-hydrogen) atoms. The van der Waals surface area contributed by atoms with Crippen molar-refractivity contribution < 1.29 is 4.39 Å². The van der Waals surface area contributed by atoms with Crippen LogP contribution in [0.3, 0.4) is 0 Å². The molecule has 0 radical (unpaired) electrons. The van der Waals surface area contributed by atoms with E-state index in [1.165, 1.54) is 12.8 Å². The second-order valence-corrected chi connectivity index (χ2v) is 5.99. The molecule has 6 nitrogen and oxygen atoms in total. The van der Waals surface area contributed by atoms with Crippen LogP contribution in [0.1, 0.15) is 30.0 Å². The topological polar surface area (TPSA) is 78.5 Å². The van der Waals surface area contributed by atoms with Crippen LogP contribution < -0.4 is 10.6 Å². The predicted octanol–water partition coefficient (Wildman–Crippen LogP) is 4.01. The lowest BCUT2D eigenvalue weighted by atomic mass is 10.2. The van der Waals surface area contributed by atoms with Crippen molar-refractivity contribution in [3.05, 3.63) is 53.6 Å². The number of halogens is 1. The molecule has 1 aliphatic rings. The Balaban J connectivity index is 1.52. The van der Waals surface area contributed by atoms with Crippen molar-refractivity contribution in [3.8, 4) is 0 Å². The first kappa shape index (κ1) is 14.6. The van der Waals surface area contributed by atoms with E-state index in [4.69, 9.17) is 0 Å². The highest BCUT2D eigenvalue weighted by molar-refractivity contribution is 5.58. The second kappa shape index (κ2) is 5.92. The van der Waals surface area contributed by atoms with Gasteiger partial charge in [-0.1, -0.05) is 17.7 Å². The third kappa shape index (κ3) is 3.19. The van der Waals surface area contributed by atoms with Crippen molar-refractivity contribution in [1.82, 2.24) is 20.2 Å². The largest absolute Gasteiger partial charge is 0.324 e. The fourth-order valence-corrected chi connectivity index (χ4v) is 2.41. The maximum atomic E-state index is 14.0. The van der Waals surface area contributed by atoms with Gasteiger partial charge in [0.15, 0.2) is 17.5 Å². The molecule has 0 aliphatic heterocycles. The van der Waals surface area contributed by atoms with Gasteiger partial charge in [-0.2, -0.15) is 10.1 Å². The first-order valence-corrected chi connectivity index (χ1v) is 7.86. The summed E-state index contributed by atoms with van der Waals surface area (Å²) in [5, 5.41) is 13.1. The predicted molar refractivity (Wildman–Crippen MR) is 90.3 cm³/mol. The normalized spacial score (nSPS) is 13.8. The summed E-state index contributed by atoms with van der Waals surface area (Å²) in [4.78, 5) is 8.17. The molecule has 4 rings (SSSR count). The molecule has 0 saturated heterocycles. The fraction of sp³-hybridized carbons (Fsp3) is 0.235. The smallest absolute Gasteiger partial charge is 0.229 e. The van der Waals surface area contributed by atoms with Gasteiger partial charge in [0.05, 0.1) is 6.20 Å². The van der Waals surface area contributed by atoms with E-state index in [9.17, 15) is 4.39 Å². The number of H-pyrrole nitrogens is 1. The van der Waals surface area contributed by atoms with Crippen molar-refractivity contribution in [3.63, 3.8) is 0 Å². The molecule has 3 N–H and O–H groups in total. The minimum atomic E-state index is -0.527. The van der Waals surface area contributed by atoms with E-state index >= 15 is 0 Å². The number of hydrogen-bond donors (Lipinski definition) is 3. The summed E-state index contributed by atoms with van der Waals surface area (Å²) in [6.45, 7) is 2.01. The van der Waals surface area contributed by atoms with Crippen molar-refractivity contribution in [2.45, 2.75) is 25.7 Å². The second-order valence-electron chi connectivity index (χ2n) is 5.99. The van der Waals surface area contributed by atoms with Gasteiger partial charge in [-0.3, -0.25) is 5.10 Å². The van der Waals surface area contributed by atoms with Gasteiger partial charge in [0.25, 0.3) is 0 Å². The number of rotatable bonds is 5. The number of anilines is 4. The zero-order valence-corrected chi connectivity index (χ0v) is 13.2. The van der Waals surface area contributed by atoms with E-state index in [0.717, 1.165) is 23.1 Å². The van der Waals surface area contributed by atoms with Crippen molar-refractivity contribution in [1.29, 1.82) is 0 Å². The lowest BCUT2D eigenvalue weighted by Gasteiger charge is -2.08. The number of aromatic amines is 1. The number of aromatic nitrogens is 4. The van der Waals surface area contributed by atoms with Gasteiger partial charge in [0.1, 0.15) is 0 Å². The lowest BCUT2D eigenvalue weighted by molar-refractivity contribution is 0.619. The summed E-state index contributed by atoms with van der Waals surface area (Å²) >= 11 is 0. The molecule has 122 valence electrons. The summed E-state index contributed by atoms with van der Waals surface area (Å²) in [6, 6.07) is 9.70.